The van der Waals surface area contributed by atoms with Crippen molar-refractivity contribution in [2.24, 2.45) is 7.05 Å². The molecule has 0 aliphatic heterocycles. The van der Waals surface area contributed by atoms with Crippen LogP contribution in [-0.2, 0) is 7.05 Å². The Bertz CT molecular complexity index is 397. The number of nitrogens with zero attached hydrogens (tertiary/aromatic N) is 2. The second kappa shape index (κ2) is 11.5. The van der Waals surface area contributed by atoms with Crippen molar-refractivity contribution in [2.45, 2.75) is 27.7 Å². The first-order valence-corrected chi connectivity index (χ1v) is 5.72. The number of allylic oxidation sites excluding steroid dienone is 2. The largest absolute Gasteiger partial charge is 0.334 e. The van der Waals surface area contributed by atoms with E-state index < -0.39 is 0 Å². The fourth-order valence-electron chi connectivity index (χ4n) is 1.01. The molecule has 0 aromatic carbocycles. The van der Waals surface area contributed by atoms with Crippen LogP contribution in [0.3, 0.4) is 0 Å². The quantitative estimate of drug-likeness (QED) is 0.748. The van der Waals surface area contributed by atoms with Crippen LogP contribution >= 0.6 is 0 Å². The molecule has 0 amide bonds. The lowest BCUT2D eigenvalue weighted by Crippen LogP contribution is -2.28. The van der Waals surface area contributed by atoms with E-state index in [1.807, 2.05) is 51.5 Å². The zero-order valence-corrected chi connectivity index (χ0v) is 11.2. The standard InChI is InChI=1S/C10H12N2.2C2H6/c1-4-6-9-10(7-5-2)12(3)8-11-9;2*1-2/h4-8H,1-2H2,3H3;2*1-2H3/b9-6+,10-7+;;. The molecule has 90 valence electrons. The number of imidazole rings is 1. The zero-order chi connectivity index (χ0) is 13.0. The maximum atomic E-state index is 4.18. The van der Waals surface area contributed by atoms with E-state index in [0.717, 1.165) is 10.7 Å². The van der Waals surface area contributed by atoms with Gasteiger partial charge in [0.1, 0.15) is 0 Å². The predicted octanol–water partition coefficient (Wildman–Crippen LogP) is 2.41. The molecule has 2 nitrogen and oxygen atoms in total. The van der Waals surface area contributed by atoms with Crippen LogP contribution in [0.15, 0.2) is 31.6 Å². The van der Waals surface area contributed by atoms with Gasteiger partial charge in [0, 0.05) is 7.05 Å². The van der Waals surface area contributed by atoms with Crippen LogP contribution in [0.4, 0.5) is 0 Å². The predicted molar refractivity (Wildman–Crippen MR) is 74.5 cm³/mol. The Morgan fingerprint density at radius 1 is 1.06 bits per heavy atom. The highest BCUT2D eigenvalue weighted by molar-refractivity contribution is 5.38. The summed E-state index contributed by atoms with van der Waals surface area (Å²) in [5, 5.41) is 1.97. The second-order valence-corrected chi connectivity index (χ2v) is 2.43. The van der Waals surface area contributed by atoms with Crippen LogP contribution in [0.2, 0.25) is 0 Å². The third-order valence-electron chi connectivity index (χ3n) is 1.56. The van der Waals surface area contributed by atoms with Gasteiger partial charge in [-0.1, -0.05) is 53.0 Å². The third kappa shape index (κ3) is 5.35. The molecule has 0 N–H and O–H groups in total. The van der Waals surface area contributed by atoms with Crippen LogP contribution < -0.4 is 10.7 Å². The summed E-state index contributed by atoms with van der Waals surface area (Å²) in [6.45, 7) is 15.3. The van der Waals surface area contributed by atoms with Gasteiger partial charge in [-0.15, -0.1) is 0 Å². The molecule has 0 saturated carbocycles. The first-order chi connectivity index (χ1) is 7.79. The van der Waals surface area contributed by atoms with E-state index in [1.54, 1.807) is 18.5 Å². The van der Waals surface area contributed by atoms with Crippen molar-refractivity contribution in [3.8, 4) is 0 Å². The minimum atomic E-state index is 0.924. The maximum absolute atomic E-state index is 4.18. The molecule has 0 radical (unpaired) electrons. The number of hydrogen-bond donors (Lipinski definition) is 0. The van der Waals surface area contributed by atoms with Gasteiger partial charge in [0.15, 0.2) is 0 Å². The van der Waals surface area contributed by atoms with Gasteiger partial charge in [0.25, 0.3) is 0 Å². The van der Waals surface area contributed by atoms with Crippen molar-refractivity contribution < 1.29 is 0 Å². The first kappa shape index (κ1) is 16.8. The van der Waals surface area contributed by atoms with Crippen LogP contribution in [0.25, 0.3) is 12.2 Å². The number of aryl methyl sites for hydroxylation is 1. The topological polar surface area (TPSA) is 17.8 Å². The van der Waals surface area contributed by atoms with Crippen LogP contribution in [0.1, 0.15) is 27.7 Å². The molecular weight excluding hydrogens is 196 g/mol. The highest BCUT2D eigenvalue weighted by Gasteiger charge is 1.88. The second-order valence-electron chi connectivity index (χ2n) is 2.43. The van der Waals surface area contributed by atoms with Gasteiger partial charge >= 0.3 is 0 Å². The minimum Gasteiger partial charge on any atom is -0.334 e. The van der Waals surface area contributed by atoms with E-state index in [4.69, 9.17) is 0 Å². The summed E-state index contributed by atoms with van der Waals surface area (Å²) >= 11 is 0. The Hall–Kier alpha value is -1.57. The summed E-state index contributed by atoms with van der Waals surface area (Å²) in [4.78, 5) is 4.18. The fourth-order valence-corrected chi connectivity index (χ4v) is 1.01. The molecule has 0 bridgehead atoms. The zero-order valence-electron chi connectivity index (χ0n) is 11.2. The van der Waals surface area contributed by atoms with Gasteiger partial charge in [-0.3, -0.25) is 0 Å². The van der Waals surface area contributed by atoms with Gasteiger partial charge in [-0.2, -0.15) is 0 Å². The van der Waals surface area contributed by atoms with E-state index in [0.29, 0.717) is 0 Å². The number of aromatic nitrogens is 2. The average molecular weight is 220 g/mol. The Kier molecular flexibility index (Phi) is 12.1. The lowest BCUT2D eigenvalue weighted by atomic mass is 10.4. The number of hydrogen-bond acceptors (Lipinski definition) is 1. The minimum absolute atomic E-state index is 0.924. The summed E-state index contributed by atoms with van der Waals surface area (Å²) in [6, 6.07) is 0. The summed E-state index contributed by atoms with van der Waals surface area (Å²) in [5.41, 5.74) is 0. The Balaban J connectivity index is 0. The van der Waals surface area contributed by atoms with Gasteiger partial charge in [-0.25, -0.2) is 4.98 Å². The highest BCUT2D eigenvalue weighted by atomic mass is 15.0. The Labute approximate surface area is 99.3 Å². The van der Waals surface area contributed by atoms with E-state index in [-0.39, 0.29) is 0 Å². The van der Waals surface area contributed by atoms with Crippen molar-refractivity contribution in [2.75, 3.05) is 0 Å². The molecule has 0 atom stereocenters. The van der Waals surface area contributed by atoms with Gasteiger partial charge in [0.05, 0.1) is 17.0 Å². The molecule has 1 aromatic heterocycles. The molecule has 0 saturated heterocycles. The molecule has 16 heavy (non-hydrogen) atoms. The maximum Gasteiger partial charge on any atom is 0.0955 e. The van der Waals surface area contributed by atoms with Crippen molar-refractivity contribution in [1.82, 2.24) is 9.55 Å². The molecule has 0 spiro atoms. The third-order valence-corrected chi connectivity index (χ3v) is 1.56. The van der Waals surface area contributed by atoms with E-state index in [2.05, 4.69) is 18.1 Å². The van der Waals surface area contributed by atoms with E-state index in [9.17, 15) is 0 Å². The molecule has 1 heterocycles. The SMILES string of the molecule is C=C/C=c1/ncn(C)/c1=C/C=C.CC.CC. The Morgan fingerprint density at radius 2 is 1.56 bits per heavy atom. The summed E-state index contributed by atoms with van der Waals surface area (Å²) in [5.74, 6) is 0. The van der Waals surface area contributed by atoms with Gasteiger partial charge in [-0.05, 0) is 12.2 Å². The average Bonchev–Trinajstić information content (AvgIpc) is 2.68. The first-order valence-electron chi connectivity index (χ1n) is 5.72. The van der Waals surface area contributed by atoms with E-state index in [1.165, 1.54) is 0 Å². The van der Waals surface area contributed by atoms with Gasteiger partial charge in [0.2, 0.25) is 0 Å². The van der Waals surface area contributed by atoms with E-state index >= 15 is 0 Å². The van der Waals surface area contributed by atoms with Crippen molar-refractivity contribution in [3.63, 3.8) is 0 Å². The van der Waals surface area contributed by atoms with Crippen LogP contribution in [-0.4, -0.2) is 9.55 Å². The smallest absolute Gasteiger partial charge is 0.0955 e. The van der Waals surface area contributed by atoms with Crippen molar-refractivity contribution in [3.05, 3.63) is 42.3 Å². The lowest BCUT2D eigenvalue weighted by molar-refractivity contribution is 0.881. The summed E-state index contributed by atoms with van der Waals surface area (Å²) in [7, 11) is 1.95. The molecular formula is C14H24N2. The molecule has 2 heteroatoms. The monoisotopic (exact) mass is 220 g/mol. The summed E-state index contributed by atoms with van der Waals surface area (Å²) < 4.78 is 1.94. The fraction of sp³-hybridized carbons (Fsp3) is 0.357. The highest BCUT2D eigenvalue weighted by Crippen LogP contribution is 1.69. The Morgan fingerprint density at radius 3 is 2.00 bits per heavy atom. The lowest BCUT2D eigenvalue weighted by Gasteiger charge is -1.85. The van der Waals surface area contributed by atoms with Crippen molar-refractivity contribution in [1.29, 1.82) is 0 Å². The van der Waals surface area contributed by atoms with Crippen molar-refractivity contribution >= 4 is 12.2 Å². The molecule has 0 aliphatic rings. The number of rotatable bonds is 2. The van der Waals surface area contributed by atoms with Gasteiger partial charge < -0.3 is 4.57 Å². The normalized spacial score (nSPS) is 10.8. The molecule has 0 aliphatic carbocycles. The molecule has 0 unspecified atom stereocenters. The summed E-state index contributed by atoms with van der Waals surface area (Å²) in [6.07, 6.45) is 9.03. The molecule has 1 aromatic rings. The van der Waals surface area contributed by atoms with Crippen LogP contribution in [0, 0.1) is 0 Å². The van der Waals surface area contributed by atoms with Crippen LogP contribution in [0.5, 0.6) is 0 Å². The molecule has 1 rings (SSSR count). The molecule has 0 fully saturated rings.